The van der Waals surface area contributed by atoms with Crippen molar-refractivity contribution in [3.05, 3.63) is 59.3 Å². The number of fused-ring (bicyclic) bond motifs is 2. The van der Waals surface area contributed by atoms with Crippen LogP contribution in [0.15, 0.2) is 53.1 Å². The van der Waals surface area contributed by atoms with Crippen molar-refractivity contribution in [3.63, 3.8) is 0 Å². The second-order valence-corrected chi connectivity index (χ2v) is 7.86. The van der Waals surface area contributed by atoms with Crippen LogP contribution in [0, 0.1) is 0 Å². The topological polar surface area (TPSA) is 71.0 Å². The number of hydrogen-bond acceptors (Lipinski definition) is 6. The zero-order valence-corrected chi connectivity index (χ0v) is 16.4. The fraction of sp³-hybridized carbons (Fsp3) is 0.286. The number of carbonyl (C=O) groups is 1. The van der Waals surface area contributed by atoms with E-state index in [-0.39, 0.29) is 18.6 Å². The first-order valence-corrected chi connectivity index (χ1v) is 9.94. The van der Waals surface area contributed by atoms with Crippen molar-refractivity contribution >= 4 is 23.9 Å². The number of ether oxygens (including phenoxy) is 2. The number of hydrogen-bond donors (Lipinski definition) is 2. The van der Waals surface area contributed by atoms with Gasteiger partial charge in [-0.1, -0.05) is 30.3 Å². The summed E-state index contributed by atoms with van der Waals surface area (Å²) in [5.41, 5.74) is 2.51. The van der Waals surface area contributed by atoms with Gasteiger partial charge in [-0.15, -0.1) is 0 Å². The molecule has 146 valence electrons. The molecule has 0 unspecified atom stereocenters. The quantitative estimate of drug-likeness (QED) is 0.754. The molecule has 0 fully saturated rings. The minimum atomic E-state index is -0.351. The summed E-state index contributed by atoms with van der Waals surface area (Å²) in [4.78, 5) is 13.9. The minimum Gasteiger partial charge on any atom is -0.486 e. The molecule has 2 heterocycles. The van der Waals surface area contributed by atoms with Gasteiger partial charge in [0.05, 0.1) is 12.6 Å². The number of amides is 1. The van der Waals surface area contributed by atoms with Gasteiger partial charge >= 0.3 is 0 Å². The zero-order chi connectivity index (χ0) is 19.5. The second kappa shape index (κ2) is 8.16. The van der Waals surface area contributed by atoms with Gasteiger partial charge < -0.3 is 24.2 Å². The summed E-state index contributed by atoms with van der Waals surface area (Å²) >= 11 is 1.47. The highest BCUT2D eigenvalue weighted by Crippen LogP contribution is 2.42. The number of nitrogens with one attached hydrogen (secondary N) is 1. The minimum absolute atomic E-state index is 0.125. The molecular formula is C21H22N2O4S. The van der Waals surface area contributed by atoms with Crippen LogP contribution in [0.2, 0.25) is 0 Å². The third kappa shape index (κ3) is 3.95. The Morgan fingerprint density at radius 2 is 1.93 bits per heavy atom. The SMILES string of the molecule is CN1Sc2cc3c(cc2C=C1C(=O)N[C@H](CO)Cc1ccccc1)OCCO3. The summed E-state index contributed by atoms with van der Waals surface area (Å²) in [6.07, 6.45) is 2.42. The standard InChI is InChI=1S/C21H22N2O4S/c1-23-17(21(25)22-16(13-24)9-14-5-3-2-4-6-14)10-15-11-18-19(12-20(15)28-23)27-8-7-26-18/h2-6,10-12,16,24H,7-9,13H2,1H3,(H,22,25)/t16-/m0/s1. The molecule has 1 amide bonds. The van der Waals surface area contributed by atoms with Gasteiger partial charge in [0.2, 0.25) is 0 Å². The van der Waals surface area contributed by atoms with Crippen molar-refractivity contribution in [3.8, 4) is 11.5 Å². The molecule has 0 aromatic heterocycles. The first kappa shape index (κ1) is 18.7. The summed E-state index contributed by atoms with van der Waals surface area (Å²) in [5, 5.41) is 12.6. The predicted molar refractivity (Wildman–Crippen MR) is 108 cm³/mol. The van der Waals surface area contributed by atoms with E-state index in [2.05, 4.69) is 5.32 Å². The molecule has 0 spiro atoms. The van der Waals surface area contributed by atoms with Gasteiger partial charge in [0, 0.05) is 11.9 Å². The van der Waals surface area contributed by atoms with Crippen LogP contribution in [-0.4, -0.2) is 48.2 Å². The maximum atomic E-state index is 12.9. The normalized spacial score (nSPS) is 16.1. The van der Waals surface area contributed by atoms with E-state index in [0.717, 1.165) is 21.8 Å². The van der Waals surface area contributed by atoms with E-state index in [0.29, 0.717) is 31.1 Å². The van der Waals surface area contributed by atoms with Crippen molar-refractivity contribution in [2.24, 2.45) is 0 Å². The average molecular weight is 398 g/mol. The van der Waals surface area contributed by atoms with Crippen molar-refractivity contribution in [1.29, 1.82) is 0 Å². The molecule has 0 aliphatic carbocycles. The number of carbonyl (C=O) groups excluding carboxylic acids is 1. The molecule has 0 saturated carbocycles. The Hall–Kier alpha value is -2.64. The van der Waals surface area contributed by atoms with E-state index in [9.17, 15) is 9.90 Å². The van der Waals surface area contributed by atoms with Crippen molar-refractivity contribution < 1.29 is 19.4 Å². The molecule has 2 N–H and O–H groups in total. The van der Waals surface area contributed by atoms with E-state index in [1.165, 1.54) is 11.9 Å². The van der Waals surface area contributed by atoms with Gasteiger partial charge in [0.15, 0.2) is 11.5 Å². The molecule has 4 rings (SSSR count). The summed E-state index contributed by atoms with van der Waals surface area (Å²) in [5.74, 6) is 1.21. The second-order valence-electron chi connectivity index (χ2n) is 6.69. The zero-order valence-electron chi connectivity index (χ0n) is 15.6. The van der Waals surface area contributed by atoms with Crippen LogP contribution in [-0.2, 0) is 11.2 Å². The molecule has 7 heteroatoms. The van der Waals surface area contributed by atoms with Gasteiger partial charge in [0.25, 0.3) is 5.91 Å². The molecule has 2 aromatic rings. The Kier molecular flexibility index (Phi) is 5.45. The van der Waals surface area contributed by atoms with E-state index in [1.54, 1.807) is 0 Å². The molecule has 0 saturated heterocycles. The third-order valence-electron chi connectivity index (χ3n) is 4.65. The molecule has 2 aromatic carbocycles. The van der Waals surface area contributed by atoms with Gasteiger partial charge in [-0.2, -0.15) is 0 Å². The molecule has 0 radical (unpaired) electrons. The van der Waals surface area contributed by atoms with Gasteiger partial charge in [-0.25, -0.2) is 0 Å². The molecule has 28 heavy (non-hydrogen) atoms. The molecule has 2 aliphatic rings. The van der Waals surface area contributed by atoms with Crippen LogP contribution in [0.1, 0.15) is 11.1 Å². The van der Waals surface area contributed by atoms with Gasteiger partial charge in [-0.3, -0.25) is 4.79 Å². The lowest BCUT2D eigenvalue weighted by atomic mass is 10.1. The maximum absolute atomic E-state index is 12.9. The Balaban J connectivity index is 1.52. The predicted octanol–water partition coefficient (Wildman–Crippen LogP) is 2.47. The number of aliphatic hydroxyl groups is 1. The average Bonchev–Trinajstić information content (AvgIpc) is 2.72. The number of likely N-dealkylation sites (N-methyl/N-ethyl adjacent to an activating group) is 1. The van der Waals surface area contributed by atoms with Crippen molar-refractivity contribution in [1.82, 2.24) is 9.62 Å². The summed E-state index contributed by atoms with van der Waals surface area (Å²) < 4.78 is 13.1. The number of nitrogens with zero attached hydrogens (tertiary/aromatic N) is 1. The number of rotatable bonds is 5. The number of benzene rings is 2. The summed E-state index contributed by atoms with van der Waals surface area (Å²) in [6.45, 7) is 0.938. The number of aliphatic hydroxyl groups excluding tert-OH is 1. The lowest BCUT2D eigenvalue weighted by Crippen LogP contribution is -2.42. The Bertz CT molecular complexity index is 901. The van der Waals surface area contributed by atoms with E-state index >= 15 is 0 Å². The van der Waals surface area contributed by atoms with E-state index in [4.69, 9.17) is 9.47 Å². The highest BCUT2D eigenvalue weighted by molar-refractivity contribution is 7.97. The van der Waals surface area contributed by atoms with Crippen LogP contribution in [0.5, 0.6) is 11.5 Å². The maximum Gasteiger partial charge on any atom is 0.268 e. The Morgan fingerprint density at radius 1 is 1.21 bits per heavy atom. The van der Waals surface area contributed by atoms with Crippen molar-refractivity contribution in [2.75, 3.05) is 26.9 Å². The van der Waals surface area contributed by atoms with Gasteiger partial charge in [0.1, 0.15) is 18.9 Å². The highest BCUT2D eigenvalue weighted by Gasteiger charge is 2.26. The molecule has 0 bridgehead atoms. The largest absolute Gasteiger partial charge is 0.486 e. The Morgan fingerprint density at radius 3 is 2.64 bits per heavy atom. The van der Waals surface area contributed by atoms with Crippen LogP contribution in [0.3, 0.4) is 0 Å². The van der Waals surface area contributed by atoms with Gasteiger partial charge in [-0.05, 0) is 47.7 Å². The van der Waals surface area contributed by atoms with E-state index < -0.39 is 0 Å². The highest BCUT2D eigenvalue weighted by atomic mass is 32.2. The molecule has 6 nitrogen and oxygen atoms in total. The van der Waals surface area contributed by atoms with Crippen LogP contribution in [0.25, 0.3) is 6.08 Å². The van der Waals surface area contributed by atoms with Crippen LogP contribution >= 0.6 is 11.9 Å². The monoisotopic (exact) mass is 398 g/mol. The molecular weight excluding hydrogens is 376 g/mol. The Labute approximate surface area is 168 Å². The van der Waals surface area contributed by atoms with Crippen LogP contribution in [0.4, 0.5) is 0 Å². The fourth-order valence-corrected chi connectivity index (χ4v) is 4.15. The molecule has 1 atom stereocenters. The van der Waals surface area contributed by atoms with Crippen LogP contribution < -0.4 is 14.8 Å². The smallest absolute Gasteiger partial charge is 0.268 e. The first-order valence-electron chi connectivity index (χ1n) is 9.16. The summed E-state index contributed by atoms with van der Waals surface area (Å²) in [7, 11) is 1.85. The third-order valence-corrected chi connectivity index (χ3v) is 5.68. The lowest BCUT2D eigenvalue weighted by Gasteiger charge is -2.28. The van der Waals surface area contributed by atoms with Crippen molar-refractivity contribution in [2.45, 2.75) is 17.4 Å². The first-order chi connectivity index (χ1) is 13.6. The lowest BCUT2D eigenvalue weighted by molar-refractivity contribution is -0.119. The summed E-state index contributed by atoms with van der Waals surface area (Å²) in [6, 6.07) is 13.3. The van der Waals surface area contributed by atoms with E-state index in [1.807, 2.05) is 59.9 Å². The molecule has 2 aliphatic heterocycles. The fourth-order valence-electron chi connectivity index (χ4n) is 3.24.